The molecule has 5 nitrogen and oxygen atoms in total. The molecule has 3 unspecified atom stereocenters. The largest absolute Gasteiger partial charge is 0.340 e. The summed E-state index contributed by atoms with van der Waals surface area (Å²) >= 11 is 0. The van der Waals surface area contributed by atoms with E-state index in [1.165, 1.54) is 30.4 Å². The second-order valence-corrected chi connectivity index (χ2v) is 9.60. The molecule has 2 aliphatic rings. The Balaban J connectivity index is 1.51. The van der Waals surface area contributed by atoms with Crippen LogP contribution in [0, 0.1) is 25.7 Å². The Morgan fingerprint density at radius 1 is 0.875 bits per heavy atom. The molecule has 3 atom stereocenters. The van der Waals surface area contributed by atoms with E-state index in [0.717, 1.165) is 40.7 Å². The molecule has 5 heteroatoms. The van der Waals surface area contributed by atoms with E-state index in [2.05, 4.69) is 61.6 Å². The Morgan fingerprint density at radius 2 is 1.59 bits per heavy atom. The number of benzene rings is 2. The highest BCUT2D eigenvalue weighted by Crippen LogP contribution is 2.51. The smallest absolute Gasteiger partial charge is 0.335 e. The monoisotopic (exact) mass is 424 g/mol. The van der Waals surface area contributed by atoms with Crippen molar-refractivity contribution in [1.82, 2.24) is 14.1 Å². The van der Waals surface area contributed by atoms with Crippen LogP contribution in [-0.4, -0.2) is 14.1 Å². The summed E-state index contributed by atoms with van der Waals surface area (Å²) in [7, 11) is 0. The lowest BCUT2D eigenvalue weighted by atomic mass is 9.95. The van der Waals surface area contributed by atoms with Crippen molar-refractivity contribution in [1.29, 1.82) is 0 Å². The lowest BCUT2D eigenvalue weighted by Gasteiger charge is -2.23. The number of fused-ring (bicyclic) bond motifs is 3. The lowest BCUT2D eigenvalue weighted by Crippen LogP contribution is -2.29. The average Bonchev–Trinajstić information content (AvgIpc) is 3.49. The van der Waals surface area contributed by atoms with Gasteiger partial charge >= 0.3 is 5.69 Å². The van der Waals surface area contributed by atoms with Crippen molar-refractivity contribution in [3.63, 3.8) is 0 Å². The van der Waals surface area contributed by atoms with E-state index in [4.69, 9.17) is 4.98 Å². The van der Waals surface area contributed by atoms with Gasteiger partial charge in [0.05, 0.1) is 11.2 Å². The van der Waals surface area contributed by atoms with Crippen molar-refractivity contribution in [2.24, 2.45) is 11.8 Å². The van der Waals surface area contributed by atoms with Crippen molar-refractivity contribution in [3.05, 3.63) is 82.3 Å². The SMILES string of the molecule is Cc1ccc(Nc2ccc3c(n2)n(-c2ccc(C)cc2)c(=O)n3C2CC3CCC2C3)cc1. The molecule has 2 aliphatic carbocycles. The summed E-state index contributed by atoms with van der Waals surface area (Å²) in [6.07, 6.45) is 4.92. The van der Waals surface area contributed by atoms with Gasteiger partial charge in [-0.2, -0.15) is 0 Å². The predicted molar refractivity (Wildman–Crippen MR) is 129 cm³/mol. The van der Waals surface area contributed by atoms with Crippen molar-refractivity contribution in [2.45, 2.75) is 45.6 Å². The van der Waals surface area contributed by atoms with Gasteiger partial charge in [0.15, 0.2) is 5.65 Å². The molecule has 0 radical (unpaired) electrons. The van der Waals surface area contributed by atoms with Gasteiger partial charge < -0.3 is 5.32 Å². The first-order valence-corrected chi connectivity index (χ1v) is 11.6. The molecule has 6 rings (SSSR count). The molecule has 2 heterocycles. The first kappa shape index (κ1) is 19.4. The number of hydrogen-bond donors (Lipinski definition) is 1. The highest BCUT2D eigenvalue weighted by atomic mass is 16.1. The maximum Gasteiger partial charge on any atom is 0.335 e. The molecule has 4 aromatic rings. The van der Waals surface area contributed by atoms with E-state index in [-0.39, 0.29) is 11.7 Å². The molecule has 2 aromatic carbocycles. The first-order valence-electron chi connectivity index (χ1n) is 11.6. The van der Waals surface area contributed by atoms with E-state index in [1.54, 1.807) is 4.57 Å². The van der Waals surface area contributed by atoms with Gasteiger partial charge in [-0.1, -0.05) is 41.8 Å². The topological polar surface area (TPSA) is 51.9 Å². The number of rotatable bonds is 4. The Labute approximate surface area is 187 Å². The second-order valence-electron chi connectivity index (χ2n) is 9.60. The zero-order chi connectivity index (χ0) is 21.8. The van der Waals surface area contributed by atoms with Gasteiger partial charge in [0.1, 0.15) is 5.82 Å². The zero-order valence-corrected chi connectivity index (χ0v) is 18.6. The molecule has 32 heavy (non-hydrogen) atoms. The fourth-order valence-corrected chi connectivity index (χ4v) is 5.72. The molecule has 0 saturated heterocycles. The summed E-state index contributed by atoms with van der Waals surface area (Å²) in [4.78, 5) is 18.7. The number of aryl methyl sites for hydroxylation is 2. The van der Waals surface area contributed by atoms with Gasteiger partial charge in [0.2, 0.25) is 0 Å². The van der Waals surface area contributed by atoms with Crippen LogP contribution < -0.4 is 11.0 Å². The highest BCUT2D eigenvalue weighted by Gasteiger charge is 2.42. The van der Waals surface area contributed by atoms with Crippen LogP contribution in [0.1, 0.15) is 42.9 Å². The molecular formula is C27H28N4O. The predicted octanol–water partition coefficient (Wildman–Crippen LogP) is 5.91. The van der Waals surface area contributed by atoms with Crippen LogP contribution in [0.25, 0.3) is 16.9 Å². The normalized spacial score (nSPS) is 22.0. The van der Waals surface area contributed by atoms with E-state index in [0.29, 0.717) is 5.92 Å². The van der Waals surface area contributed by atoms with E-state index in [1.807, 2.05) is 22.8 Å². The summed E-state index contributed by atoms with van der Waals surface area (Å²) in [6.45, 7) is 4.14. The lowest BCUT2D eigenvalue weighted by molar-refractivity contribution is 0.329. The third-order valence-corrected chi connectivity index (χ3v) is 7.37. The van der Waals surface area contributed by atoms with Crippen LogP contribution in [-0.2, 0) is 0 Å². The molecule has 2 saturated carbocycles. The number of aromatic nitrogens is 3. The molecule has 1 N–H and O–H groups in total. The van der Waals surface area contributed by atoms with Gasteiger partial charge in [-0.3, -0.25) is 4.57 Å². The van der Waals surface area contributed by atoms with Crippen LogP contribution in [0.5, 0.6) is 0 Å². The summed E-state index contributed by atoms with van der Waals surface area (Å²) in [5.41, 5.74) is 5.93. The van der Waals surface area contributed by atoms with Crippen LogP contribution in [0.15, 0.2) is 65.5 Å². The molecule has 0 aliphatic heterocycles. The molecular weight excluding hydrogens is 396 g/mol. The Morgan fingerprint density at radius 3 is 2.25 bits per heavy atom. The van der Waals surface area contributed by atoms with E-state index >= 15 is 0 Å². The Bertz CT molecular complexity index is 1350. The van der Waals surface area contributed by atoms with Crippen LogP contribution in [0.4, 0.5) is 11.5 Å². The maximum absolute atomic E-state index is 13.8. The van der Waals surface area contributed by atoms with Crippen molar-refractivity contribution in [3.8, 4) is 5.69 Å². The maximum atomic E-state index is 13.8. The van der Waals surface area contributed by atoms with Crippen LogP contribution in [0.2, 0.25) is 0 Å². The summed E-state index contributed by atoms with van der Waals surface area (Å²) < 4.78 is 3.84. The third-order valence-electron chi connectivity index (χ3n) is 7.37. The minimum Gasteiger partial charge on any atom is -0.340 e. The molecule has 2 fully saturated rings. The van der Waals surface area contributed by atoms with Gasteiger partial charge in [-0.05, 0) is 81.3 Å². The van der Waals surface area contributed by atoms with Crippen LogP contribution >= 0.6 is 0 Å². The number of pyridine rings is 1. The van der Waals surface area contributed by atoms with Crippen molar-refractivity contribution < 1.29 is 0 Å². The second kappa shape index (κ2) is 7.37. The number of anilines is 2. The minimum absolute atomic E-state index is 0.0291. The minimum atomic E-state index is 0.0291. The first-order chi connectivity index (χ1) is 15.6. The van der Waals surface area contributed by atoms with Crippen molar-refractivity contribution in [2.75, 3.05) is 5.32 Å². The Hall–Kier alpha value is -3.34. The summed E-state index contributed by atoms with van der Waals surface area (Å²) in [6, 6.07) is 20.7. The van der Waals surface area contributed by atoms with Crippen LogP contribution in [0.3, 0.4) is 0 Å². The van der Waals surface area contributed by atoms with Crippen molar-refractivity contribution >= 4 is 22.7 Å². The molecule has 0 amide bonds. The number of imidazole rings is 1. The third kappa shape index (κ3) is 3.15. The number of hydrogen-bond acceptors (Lipinski definition) is 3. The van der Waals surface area contributed by atoms with Gasteiger partial charge in [-0.25, -0.2) is 14.3 Å². The number of nitrogens with zero attached hydrogens (tertiary/aromatic N) is 3. The van der Waals surface area contributed by atoms with Gasteiger partial charge in [0, 0.05) is 11.7 Å². The molecule has 2 aromatic heterocycles. The summed E-state index contributed by atoms with van der Waals surface area (Å²) in [5.74, 6) is 2.12. The zero-order valence-electron chi connectivity index (χ0n) is 18.6. The standard InChI is InChI=1S/C27H28N4O/c1-17-3-9-21(10-4-17)28-25-14-13-23-26(29-25)30(22-11-5-18(2)6-12-22)27(32)31(23)24-16-19-7-8-20(24)15-19/h3-6,9-14,19-20,24H,7-8,15-16H2,1-2H3,(H,28,29). The van der Waals surface area contributed by atoms with E-state index in [9.17, 15) is 4.79 Å². The quantitative estimate of drug-likeness (QED) is 0.443. The molecule has 162 valence electrons. The van der Waals surface area contributed by atoms with Gasteiger partial charge in [0.25, 0.3) is 0 Å². The van der Waals surface area contributed by atoms with Gasteiger partial charge in [-0.15, -0.1) is 0 Å². The average molecular weight is 425 g/mol. The fraction of sp³-hybridized carbons (Fsp3) is 0.333. The Kier molecular flexibility index (Phi) is 4.46. The summed E-state index contributed by atoms with van der Waals surface area (Å²) in [5, 5.41) is 3.40. The highest BCUT2D eigenvalue weighted by molar-refractivity contribution is 5.77. The fourth-order valence-electron chi connectivity index (χ4n) is 5.72. The molecule has 0 spiro atoms. The number of nitrogens with one attached hydrogen (secondary N) is 1. The molecule has 2 bridgehead atoms. The van der Waals surface area contributed by atoms with E-state index < -0.39 is 0 Å².